The molecule has 0 radical (unpaired) electrons. The van der Waals surface area contributed by atoms with Crippen molar-refractivity contribution in [3.05, 3.63) is 0 Å². The summed E-state index contributed by atoms with van der Waals surface area (Å²) in [4.78, 5) is 24.6. The van der Waals surface area contributed by atoms with Gasteiger partial charge in [0, 0.05) is 32.4 Å². The smallest absolute Gasteiger partial charge is 0.225 e. The zero-order valence-corrected chi connectivity index (χ0v) is 9.08. The first-order valence-corrected chi connectivity index (χ1v) is 5.41. The maximum Gasteiger partial charge on any atom is 0.225 e. The van der Waals surface area contributed by atoms with Gasteiger partial charge in [-0.25, -0.2) is 0 Å². The van der Waals surface area contributed by atoms with Gasteiger partial charge in [-0.3, -0.25) is 9.59 Å². The molecule has 1 fully saturated rings. The highest BCUT2D eigenvalue weighted by Crippen LogP contribution is 2.23. The highest BCUT2D eigenvalue weighted by molar-refractivity contribution is 5.84. The quantitative estimate of drug-likeness (QED) is 0.689. The molecule has 0 saturated heterocycles. The molecule has 0 bridgehead atoms. The van der Waals surface area contributed by atoms with Crippen LogP contribution in [0, 0.1) is 5.92 Å². The minimum atomic E-state index is 0.101. The fourth-order valence-corrected chi connectivity index (χ4v) is 1.94. The number of hydrogen-bond acceptors (Lipinski definition) is 2. The van der Waals surface area contributed by atoms with Gasteiger partial charge in [0.1, 0.15) is 5.78 Å². The van der Waals surface area contributed by atoms with E-state index in [1.54, 1.807) is 4.90 Å². The number of carbonyl (C=O) groups excluding carboxylic acids is 2. The average molecular weight is 197 g/mol. The molecule has 1 aliphatic rings. The molecule has 0 spiro atoms. The van der Waals surface area contributed by atoms with Crippen molar-refractivity contribution in [1.29, 1.82) is 0 Å². The molecule has 0 aromatic carbocycles. The Bertz CT molecular complexity index is 215. The second-order valence-electron chi connectivity index (χ2n) is 4.07. The van der Waals surface area contributed by atoms with Gasteiger partial charge in [0.2, 0.25) is 5.91 Å². The van der Waals surface area contributed by atoms with Crippen LogP contribution in [-0.2, 0) is 9.59 Å². The van der Waals surface area contributed by atoms with Crippen molar-refractivity contribution in [2.24, 2.45) is 5.92 Å². The lowest BCUT2D eigenvalue weighted by Gasteiger charge is -2.25. The summed E-state index contributed by atoms with van der Waals surface area (Å²) in [6, 6.07) is 0. The summed E-state index contributed by atoms with van der Waals surface area (Å²) in [6.07, 6.45) is 3.69. The number of nitrogens with zero attached hydrogens (tertiary/aromatic N) is 1. The molecule has 14 heavy (non-hydrogen) atoms. The fourth-order valence-electron chi connectivity index (χ4n) is 1.94. The number of Topliss-reactive ketones (excluding diaryl/α,β-unsaturated/α-hetero) is 1. The van der Waals surface area contributed by atoms with E-state index in [-0.39, 0.29) is 11.8 Å². The third-order valence-corrected chi connectivity index (χ3v) is 2.83. The molecule has 1 amide bonds. The van der Waals surface area contributed by atoms with Gasteiger partial charge < -0.3 is 4.90 Å². The van der Waals surface area contributed by atoms with Gasteiger partial charge in [-0.2, -0.15) is 0 Å². The Labute approximate surface area is 85.5 Å². The molecule has 1 aliphatic carbocycles. The van der Waals surface area contributed by atoms with Crippen LogP contribution in [0.25, 0.3) is 0 Å². The summed E-state index contributed by atoms with van der Waals surface area (Å²) in [5, 5.41) is 0. The second kappa shape index (κ2) is 5.13. The molecule has 0 N–H and O–H groups in total. The minimum Gasteiger partial charge on any atom is -0.346 e. The average Bonchev–Trinajstić information content (AvgIpc) is 2.18. The third-order valence-electron chi connectivity index (χ3n) is 2.83. The molecule has 3 nitrogen and oxygen atoms in total. The molecule has 0 unspecified atom stereocenters. The van der Waals surface area contributed by atoms with Crippen molar-refractivity contribution in [3.63, 3.8) is 0 Å². The lowest BCUT2D eigenvalue weighted by molar-refractivity contribution is -0.136. The Morgan fingerprint density at radius 1 is 1.43 bits per heavy atom. The summed E-state index contributed by atoms with van der Waals surface area (Å²) in [7, 11) is 1.85. The van der Waals surface area contributed by atoms with Crippen molar-refractivity contribution in [2.45, 2.75) is 39.0 Å². The first-order valence-electron chi connectivity index (χ1n) is 5.41. The lowest BCUT2D eigenvalue weighted by Crippen LogP contribution is -2.35. The van der Waals surface area contributed by atoms with Crippen LogP contribution in [0.15, 0.2) is 0 Å². The topological polar surface area (TPSA) is 37.4 Å². The molecule has 1 saturated carbocycles. The predicted molar refractivity (Wildman–Crippen MR) is 54.9 cm³/mol. The Morgan fingerprint density at radius 3 is 2.50 bits per heavy atom. The summed E-state index contributed by atoms with van der Waals surface area (Å²) in [5.41, 5.74) is 0. The number of ketones is 1. The molecule has 0 atom stereocenters. The fraction of sp³-hybridized carbons (Fsp3) is 0.818. The van der Waals surface area contributed by atoms with Gasteiger partial charge >= 0.3 is 0 Å². The monoisotopic (exact) mass is 197 g/mol. The van der Waals surface area contributed by atoms with E-state index in [1.165, 1.54) is 0 Å². The number of carbonyl (C=O) groups is 2. The predicted octanol–water partition coefficient (Wildman–Crippen LogP) is 1.61. The van der Waals surface area contributed by atoms with E-state index in [0.29, 0.717) is 18.6 Å². The molecule has 0 aromatic rings. The van der Waals surface area contributed by atoms with Crippen LogP contribution in [0.5, 0.6) is 0 Å². The van der Waals surface area contributed by atoms with Gasteiger partial charge in [-0.1, -0.05) is 6.92 Å². The Kier molecular flexibility index (Phi) is 4.11. The standard InChI is InChI=1S/C11H19NO2/c1-3-8-12(2)11(14)9-4-6-10(13)7-5-9/h9H,3-8H2,1-2H3. The highest BCUT2D eigenvalue weighted by Gasteiger charge is 2.26. The van der Waals surface area contributed by atoms with Crippen LogP contribution in [0.4, 0.5) is 0 Å². The molecular weight excluding hydrogens is 178 g/mol. The third kappa shape index (κ3) is 2.82. The van der Waals surface area contributed by atoms with E-state index in [2.05, 4.69) is 6.92 Å². The minimum absolute atomic E-state index is 0.101. The zero-order chi connectivity index (χ0) is 10.6. The van der Waals surface area contributed by atoms with Crippen molar-refractivity contribution < 1.29 is 9.59 Å². The van der Waals surface area contributed by atoms with Crippen LogP contribution in [-0.4, -0.2) is 30.2 Å². The Morgan fingerprint density at radius 2 is 2.00 bits per heavy atom. The maximum absolute atomic E-state index is 11.8. The first-order chi connectivity index (χ1) is 6.65. The maximum atomic E-state index is 11.8. The Balaban J connectivity index is 2.41. The summed E-state index contributed by atoms with van der Waals surface area (Å²) < 4.78 is 0. The molecule has 0 aliphatic heterocycles. The van der Waals surface area contributed by atoms with E-state index in [4.69, 9.17) is 0 Å². The van der Waals surface area contributed by atoms with Gasteiger partial charge in [-0.05, 0) is 19.3 Å². The van der Waals surface area contributed by atoms with Crippen molar-refractivity contribution in [1.82, 2.24) is 4.90 Å². The van der Waals surface area contributed by atoms with E-state index in [1.807, 2.05) is 7.05 Å². The molecule has 0 heterocycles. The SMILES string of the molecule is CCCN(C)C(=O)C1CCC(=O)CC1. The highest BCUT2D eigenvalue weighted by atomic mass is 16.2. The van der Waals surface area contributed by atoms with E-state index in [9.17, 15) is 9.59 Å². The van der Waals surface area contributed by atoms with Crippen molar-refractivity contribution in [2.75, 3.05) is 13.6 Å². The molecule has 1 rings (SSSR count). The summed E-state index contributed by atoms with van der Waals surface area (Å²) in [6.45, 7) is 2.89. The van der Waals surface area contributed by atoms with Crippen LogP contribution in [0.2, 0.25) is 0 Å². The zero-order valence-electron chi connectivity index (χ0n) is 9.08. The second-order valence-corrected chi connectivity index (χ2v) is 4.07. The van der Waals surface area contributed by atoms with Gasteiger partial charge in [0.25, 0.3) is 0 Å². The van der Waals surface area contributed by atoms with Gasteiger partial charge in [0.15, 0.2) is 0 Å². The van der Waals surface area contributed by atoms with E-state index in [0.717, 1.165) is 25.8 Å². The van der Waals surface area contributed by atoms with Gasteiger partial charge in [0.05, 0.1) is 0 Å². The lowest BCUT2D eigenvalue weighted by atomic mass is 9.87. The summed E-state index contributed by atoms with van der Waals surface area (Å²) in [5.74, 6) is 0.635. The van der Waals surface area contributed by atoms with Crippen LogP contribution in [0.3, 0.4) is 0 Å². The van der Waals surface area contributed by atoms with Crippen LogP contribution in [0.1, 0.15) is 39.0 Å². The van der Waals surface area contributed by atoms with Crippen molar-refractivity contribution >= 4 is 11.7 Å². The normalized spacial score (nSPS) is 18.3. The van der Waals surface area contributed by atoms with Crippen molar-refractivity contribution in [3.8, 4) is 0 Å². The van der Waals surface area contributed by atoms with E-state index < -0.39 is 0 Å². The van der Waals surface area contributed by atoms with E-state index >= 15 is 0 Å². The summed E-state index contributed by atoms with van der Waals surface area (Å²) >= 11 is 0. The largest absolute Gasteiger partial charge is 0.346 e. The molecule has 0 aromatic heterocycles. The van der Waals surface area contributed by atoms with Gasteiger partial charge in [-0.15, -0.1) is 0 Å². The molecular formula is C11H19NO2. The molecule has 3 heteroatoms. The number of rotatable bonds is 3. The van der Waals surface area contributed by atoms with Crippen LogP contribution < -0.4 is 0 Å². The first kappa shape index (κ1) is 11.2. The molecule has 80 valence electrons. The van der Waals surface area contributed by atoms with Crippen LogP contribution >= 0.6 is 0 Å². The number of amides is 1. The number of hydrogen-bond donors (Lipinski definition) is 0. The Hall–Kier alpha value is -0.860.